The van der Waals surface area contributed by atoms with Gasteiger partial charge in [-0.25, -0.2) is 12.8 Å². The molecule has 0 spiro atoms. The number of nitrogens with one attached hydrogen (secondary N) is 1. The summed E-state index contributed by atoms with van der Waals surface area (Å²) >= 11 is 0. The van der Waals surface area contributed by atoms with Gasteiger partial charge in [-0.15, -0.1) is 0 Å². The molecule has 2 aromatic carbocycles. The third kappa shape index (κ3) is 6.28. The summed E-state index contributed by atoms with van der Waals surface area (Å²) in [6.45, 7) is 0.666. The number of carbonyl (C=O) groups excluding carboxylic acids is 1. The molecule has 1 amide bonds. The maximum Gasteiger partial charge on any atom is 0.430 e. The van der Waals surface area contributed by atoms with Crippen LogP contribution in [0.4, 0.5) is 36.4 Å². The summed E-state index contributed by atoms with van der Waals surface area (Å²) in [4.78, 5) is 16.5. The number of amides is 1. The van der Waals surface area contributed by atoms with Gasteiger partial charge < -0.3 is 20.6 Å². The van der Waals surface area contributed by atoms with Crippen molar-refractivity contribution in [1.82, 2.24) is 10.3 Å². The number of hydrogen-bond acceptors (Lipinski definition) is 7. The summed E-state index contributed by atoms with van der Waals surface area (Å²) in [7, 11) is -4.68. The minimum atomic E-state index is -6.17. The Morgan fingerprint density at radius 3 is 2.27 bits per heavy atom. The monoisotopic (exact) mass is 665 g/mol. The maximum absolute atomic E-state index is 13.8. The zero-order chi connectivity index (χ0) is 33.5. The van der Waals surface area contributed by atoms with Gasteiger partial charge in [-0.3, -0.25) is 14.1 Å². The van der Waals surface area contributed by atoms with Crippen LogP contribution in [0.5, 0.6) is 5.75 Å². The molecule has 0 fully saturated rings. The molecule has 244 valence electrons. The van der Waals surface area contributed by atoms with Crippen LogP contribution >= 0.6 is 0 Å². The predicted octanol–water partition coefficient (Wildman–Crippen LogP) is 4.26. The molecular formula is C28H26F7N3O6S. The van der Waals surface area contributed by atoms with E-state index in [-0.39, 0.29) is 53.2 Å². The van der Waals surface area contributed by atoms with Crippen molar-refractivity contribution in [2.45, 2.75) is 68.2 Å². The van der Waals surface area contributed by atoms with E-state index in [1.165, 1.54) is 13.1 Å². The zero-order valence-electron chi connectivity index (χ0n) is 23.2. The molecule has 4 N–H and O–H groups in total. The number of alkyl halides is 6. The Hall–Kier alpha value is -3.96. The molecule has 2 heterocycles. The number of aliphatic hydroxyl groups is 2. The van der Waals surface area contributed by atoms with Gasteiger partial charge in [-0.2, -0.15) is 26.3 Å². The van der Waals surface area contributed by atoms with Crippen molar-refractivity contribution in [1.29, 1.82) is 0 Å². The van der Waals surface area contributed by atoms with Crippen molar-refractivity contribution in [2.75, 3.05) is 4.31 Å². The molecule has 0 unspecified atom stereocenters. The number of sulfonamides is 1. The molecule has 4 rings (SSSR count). The number of anilines is 1. The van der Waals surface area contributed by atoms with Crippen LogP contribution < -0.4 is 9.62 Å². The molecule has 3 aromatic rings. The van der Waals surface area contributed by atoms with E-state index in [1.54, 1.807) is 0 Å². The largest absolute Gasteiger partial charge is 0.506 e. The number of benzene rings is 2. The van der Waals surface area contributed by atoms with Gasteiger partial charge in [-0.1, -0.05) is 12.1 Å². The normalized spacial score (nSPS) is 16.0. The van der Waals surface area contributed by atoms with E-state index >= 15 is 0 Å². The van der Waals surface area contributed by atoms with Crippen molar-refractivity contribution < 1.29 is 59.3 Å². The molecule has 1 aliphatic heterocycles. The molecule has 0 saturated carbocycles. The van der Waals surface area contributed by atoms with Gasteiger partial charge in [0.1, 0.15) is 11.6 Å². The molecule has 1 atom stereocenters. The summed E-state index contributed by atoms with van der Waals surface area (Å²) in [5.41, 5.74) is -6.90. The van der Waals surface area contributed by atoms with E-state index in [0.717, 1.165) is 24.3 Å². The highest BCUT2D eigenvalue weighted by molar-refractivity contribution is 7.92. The van der Waals surface area contributed by atoms with Crippen LogP contribution in [0, 0.1) is 12.7 Å². The molecule has 1 aromatic heterocycles. The smallest absolute Gasteiger partial charge is 0.430 e. The first-order valence-electron chi connectivity index (χ1n) is 13.2. The highest BCUT2D eigenvalue weighted by atomic mass is 32.2. The third-order valence-electron chi connectivity index (χ3n) is 7.49. The Bertz CT molecular complexity index is 1680. The first kappa shape index (κ1) is 33.9. The minimum absolute atomic E-state index is 0.150. The number of rotatable bonds is 8. The van der Waals surface area contributed by atoms with Crippen LogP contribution in [0.25, 0.3) is 0 Å². The minimum Gasteiger partial charge on any atom is -0.506 e. The van der Waals surface area contributed by atoms with Crippen LogP contribution in [0.1, 0.15) is 40.8 Å². The zero-order valence-corrected chi connectivity index (χ0v) is 24.1. The fourth-order valence-corrected chi connectivity index (χ4v) is 6.79. The van der Waals surface area contributed by atoms with Gasteiger partial charge in [0, 0.05) is 35.9 Å². The molecule has 0 aliphatic carbocycles. The number of pyridine rings is 1. The summed E-state index contributed by atoms with van der Waals surface area (Å²) < 4.78 is 123. The summed E-state index contributed by atoms with van der Waals surface area (Å²) in [5.74, 6) is -1.83. The fourth-order valence-electron chi connectivity index (χ4n) is 5.07. The quantitative estimate of drug-likeness (QED) is 0.264. The van der Waals surface area contributed by atoms with Crippen LogP contribution in [-0.4, -0.2) is 53.0 Å². The van der Waals surface area contributed by atoms with Crippen LogP contribution in [0.15, 0.2) is 53.6 Å². The third-order valence-corrected chi connectivity index (χ3v) is 9.37. The Morgan fingerprint density at radius 1 is 1.07 bits per heavy atom. The second-order valence-corrected chi connectivity index (χ2v) is 12.1. The summed E-state index contributed by atoms with van der Waals surface area (Å²) in [6, 6.07) is 3.67. The van der Waals surface area contributed by atoms with Gasteiger partial charge in [0.05, 0.1) is 28.9 Å². The summed E-state index contributed by atoms with van der Waals surface area (Å²) in [5, 5.41) is 32.3. The number of aromatic nitrogens is 1. The molecule has 0 saturated heterocycles. The average Bonchev–Trinajstić information content (AvgIpc) is 2.96. The Kier molecular flexibility index (Phi) is 9.12. The average molecular weight is 666 g/mol. The second-order valence-electron chi connectivity index (χ2n) is 10.3. The van der Waals surface area contributed by atoms with Crippen LogP contribution in [-0.2, 0) is 40.0 Å². The van der Waals surface area contributed by atoms with E-state index in [9.17, 15) is 59.3 Å². The first-order chi connectivity index (χ1) is 20.8. The lowest BCUT2D eigenvalue weighted by Gasteiger charge is -2.39. The number of hydrogen-bond donors (Lipinski definition) is 4. The number of nitrogens with zero attached hydrogens (tertiary/aromatic N) is 2. The van der Waals surface area contributed by atoms with Crippen molar-refractivity contribution in [2.24, 2.45) is 0 Å². The number of halogens is 7. The number of carbonyl (C=O) groups is 1. The van der Waals surface area contributed by atoms with Crippen molar-refractivity contribution >= 4 is 21.6 Å². The second kappa shape index (κ2) is 12.1. The number of aliphatic hydroxyl groups excluding tert-OH is 1. The predicted molar refractivity (Wildman–Crippen MR) is 144 cm³/mol. The van der Waals surface area contributed by atoms with Gasteiger partial charge in [-0.05, 0) is 55.7 Å². The highest BCUT2D eigenvalue weighted by Gasteiger charge is 2.71. The van der Waals surface area contributed by atoms with Crippen molar-refractivity contribution in [3.8, 4) is 5.75 Å². The van der Waals surface area contributed by atoms with Crippen molar-refractivity contribution in [3.63, 3.8) is 0 Å². The maximum atomic E-state index is 13.8. The highest BCUT2D eigenvalue weighted by Crippen LogP contribution is 2.51. The Morgan fingerprint density at radius 2 is 1.69 bits per heavy atom. The van der Waals surface area contributed by atoms with Crippen LogP contribution in [0.2, 0.25) is 0 Å². The van der Waals surface area contributed by atoms with E-state index in [1.807, 2.05) is 0 Å². The number of aryl methyl sites for hydroxylation is 2. The van der Waals surface area contributed by atoms with Crippen LogP contribution in [0.3, 0.4) is 0 Å². The van der Waals surface area contributed by atoms with Gasteiger partial charge >= 0.3 is 12.4 Å². The molecule has 9 nitrogen and oxygen atoms in total. The fraction of sp³-hybridized carbons (Fsp3) is 0.357. The van der Waals surface area contributed by atoms with E-state index < -0.39 is 69.2 Å². The lowest BCUT2D eigenvalue weighted by Crippen LogP contribution is -2.54. The lowest BCUT2D eigenvalue weighted by atomic mass is 9.87. The standard InChI is InChI=1S/C28H26F7N3O6S/c1-15-25(41)22(17(14-39)12-36-15)13-37-24(40)11-20-6-2-16-10-18(26(42,27(30,31)32)28(33,34)35)3-9-23(16)38(20)45(43,44)21-7-4-19(29)5-8-21/h3-5,7-10,12,20,39,41-42H,2,6,11,13-14H2,1H3,(H,37,40)/t20-/m0/s1. The number of aromatic hydroxyl groups is 1. The summed E-state index contributed by atoms with van der Waals surface area (Å²) in [6.07, 6.45) is -12.1. The lowest BCUT2D eigenvalue weighted by molar-refractivity contribution is -0.376. The number of fused-ring (bicyclic) bond motifs is 1. The molecule has 45 heavy (non-hydrogen) atoms. The SMILES string of the molecule is Cc1ncc(CO)c(CNC(=O)C[C@@H]2CCc3cc(C(O)(C(F)(F)F)C(F)(F)F)ccc3N2S(=O)(=O)c2ccc(F)cc2)c1O. The van der Waals surface area contributed by atoms with E-state index in [4.69, 9.17) is 0 Å². The van der Waals surface area contributed by atoms with Gasteiger partial charge in [0.25, 0.3) is 15.6 Å². The molecular weight excluding hydrogens is 639 g/mol. The first-order valence-corrected chi connectivity index (χ1v) is 14.6. The molecule has 0 bridgehead atoms. The van der Waals surface area contributed by atoms with Crippen molar-refractivity contribution in [3.05, 3.63) is 82.4 Å². The topological polar surface area (TPSA) is 140 Å². The molecule has 1 aliphatic rings. The van der Waals surface area contributed by atoms with Gasteiger partial charge in [0.15, 0.2) is 0 Å². The Labute approximate surface area is 252 Å². The Balaban J connectivity index is 1.73. The molecule has 17 heteroatoms. The van der Waals surface area contributed by atoms with E-state index in [2.05, 4.69) is 10.3 Å². The van der Waals surface area contributed by atoms with E-state index in [0.29, 0.717) is 22.5 Å². The van der Waals surface area contributed by atoms with Gasteiger partial charge in [0.2, 0.25) is 5.91 Å². The molecule has 0 radical (unpaired) electrons.